The first-order valence-corrected chi connectivity index (χ1v) is 19.3. The van der Waals surface area contributed by atoms with Crippen molar-refractivity contribution in [2.45, 2.75) is 119 Å². The zero-order valence-electron chi connectivity index (χ0n) is 33.1. The van der Waals surface area contributed by atoms with E-state index in [0.29, 0.717) is 32.1 Å². The van der Waals surface area contributed by atoms with Crippen LogP contribution in [0, 0.1) is 35.5 Å². The molecule has 6 unspecified atom stereocenters. The van der Waals surface area contributed by atoms with Gasteiger partial charge in [-0.05, 0) is 119 Å². The normalized spacial score (nSPS) is 24.2. The molecule has 6 atom stereocenters. The fraction of sp³-hybridized carbons (Fsp3) is 0.636. The Labute approximate surface area is 312 Å². The molecule has 8 heteroatoms. The summed E-state index contributed by atoms with van der Waals surface area (Å²) < 4.78 is 22.3. The molecule has 0 saturated heterocycles. The van der Waals surface area contributed by atoms with Crippen LogP contribution in [0.4, 0.5) is 0 Å². The third-order valence-electron chi connectivity index (χ3n) is 10.7. The molecule has 3 aliphatic rings. The van der Waals surface area contributed by atoms with Gasteiger partial charge in [0.1, 0.15) is 0 Å². The van der Waals surface area contributed by atoms with E-state index < -0.39 is 29.6 Å². The summed E-state index contributed by atoms with van der Waals surface area (Å²) in [4.78, 5) is 52.9. The van der Waals surface area contributed by atoms with Crippen molar-refractivity contribution < 1.29 is 38.1 Å². The van der Waals surface area contributed by atoms with Crippen LogP contribution in [0.15, 0.2) is 69.9 Å². The second kappa shape index (κ2) is 21.8. The third kappa shape index (κ3) is 13.7. The number of allylic oxidation sites excluding steroid dienone is 12. The van der Waals surface area contributed by atoms with Crippen molar-refractivity contribution in [1.29, 1.82) is 0 Å². The van der Waals surface area contributed by atoms with Crippen LogP contribution in [0.2, 0.25) is 0 Å². The molecule has 0 N–H and O–H groups in total. The number of hydrogen-bond acceptors (Lipinski definition) is 8. The molecule has 0 aromatic carbocycles. The number of hydrogen-bond donors (Lipinski definition) is 0. The molecule has 288 valence electrons. The molecule has 3 aliphatic carbocycles. The molecule has 0 saturated carbocycles. The van der Waals surface area contributed by atoms with Crippen molar-refractivity contribution in [1.82, 2.24) is 0 Å². The van der Waals surface area contributed by atoms with Gasteiger partial charge in [0, 0.05) is 11.8 Å². The van der Waals surface area contributed by atoms with Crippen LogP contribution in [0.5, 0.6) is 0 Å². The number of esters is 4. The van der Waals surface area contributed by atoms with Crippen molar-refractivity contribution in [3.8, 4) is 0 Å². The lowest BCUT2D eigenvalue weighted by atomic mass is 9.77. The lowest BCUT2D eigenvalue weighted by Crippen LogP contribution is -2.37. The number of rotatable bonds is 17. The number of methoxy groups -OCH3 is 2. The quantitative estimate of drug-likeness (QED) is 0.0832. The highest BCUT2D eigenvalue weighted by Crippen LogP contribution is 2.38. The summed E-state index contributed by atoms with van der Waals surface area (Å²) in [5, 5.41) is 0. The Balaban J connectivity index is 1.72. The third-order valence-corrected chi connectivity index (χ3v) is 10.7. The van der Waals surface area contributed by atoms with E-state index in [4.69, 9.17) is 18.9 Å². The predicted molar refractivity (Wildman–Crippen MR) is 205 cm³/mol. The summed E-state index contributed by atoms with van der Waals surface area (Å²) >= 11 is 0. The lowest BCUT2D eigenvalue weighted by Gasteiger charge is -2.33. The Morgan fingerprint density at radius 3 is 1.35 bits per heavy atom. The second-order valence-corrected chi connectivity index (χ2v) is 15.6. The average molecular weight is 721 g/mol. The van der Waals surface area contributed by atoms with Gasteiger partial charge in [0.2, 0.25) is 0 Å². The zero-order chi connectivity index (χ0) is 38.2. The van der Waals surface area contributed by atoms with Crippen LogP contribution in [-0.2, 0) is 38.1 Å². The maximum atomic E-state index is 13.7. The van der Waals surface area contributed by atoms with Gasteiger partial charge in [0.05, 0.1) is 51.1 Å². The molecule has 0 fully saturated rings. The van der Waals surface area contributed by atoms with Gasteiger partial charge in [-0.25, -0.2) is 0 Å². The van der Waals surface area contributed by atoms with Gasteiger partial charge in [-0.15, -0.1) is 0 Å². The minimum atomic E-state index is -0.603. The van der Waals surface area contributed by atoms with Gasteiger partial charge in [-0.2, -0.15) is 0 Å². The second-order valence-electron chi connectivity index (χ2n) is 15.6. The SMILES string of the molecule is COC(=O)C1CC(CCC=C(C)C)=CCC1C(=O)OCC1CC=C(CCC=C(C)C)CC1COC(=O)C1CC(CCC=C(C)C)=CCC1C(=O)OC. The fourth-order valence-electron chi connectivity index (χ4n) is 7.59. The van der Waals surface area contributed by atoms with Crippen LogP contribution in [0.25, 0.3) is 0 Å². The first kappa shape index (κ1) is 42.7. The Hall–Kier alpha value is -3.68. The summed E-state index contributed by atoms with van der Waals surface area (Å²) in [5.41, 5.74) is 7.41. The molecule has 0 aromatic heterocycles. The van der Waals surface area contributed by atoms with Crippen LogP contribution >= 0.6 is 0 Å². The molecule has 8 nitrogen and oxygen atoms in total. The monoisotopic (exact) mass is 720 g/mol. The van der Waals surface area contributed by atoms with Crippen molar-refractivity contribution in [3.05, 3.63) is 69.9 Å². The lowest BCUT2D eigenvalue weighted by molar-refractivity contribution is -0.163. The first-order chi connectivity index (χ1) is 24.8. The van der Waals surface area contributed by atoms with Gasteiger partial charge in [0.25, 0.3) is 0 Å². The number of ether oxygens (including phenoxy) is 4. The largest absolute Gasteiger partial charge is 0.469 e. The number of carbonyl (C=O) groups is 4. The molecule has 3 rings (SSSR count). The van der Waals surface area contributed by atoms with E-state index in [1.165, 1.54) is 42.1 Å². The smallest absolute Gasteiger partial charge is 0.310 e. The van der Waals surface area contributed by atoms with Crippen molar-refractivity contribution >= 4 is 23.9 Å². The van der Waals surface area contributed by atoms with Crippen LogP contribution in [0.3, 0.4) is 0 Å². The molecular weight excluding hydrogens is 656 g/mol. The van der Waals surface area contributed by atoms with Gasteiger partial charge >= 0.3 is 23.9 Å². The minimum absolute atomic E-state index is 0.0541. The highest BCUT2D eigenvalue weighted by Gasteiger charge is 2.40. The molecular formula is C44H64O8. The minimum Gasteiger partial charge on any atom is -0.469 e. The highest BCUT2D eigenvalue weighted by molar-refractivity contribution is 5.83. The Kier molecular flexibility index (Phi) is 17.9. The predicted octanol–water partition coefficient (Wildman–Crippen LogP) is 9.52. The van der Waals surface area contributed by atoms with E-state index >= 15 is 0 Å². The molecule has 0 aromatic rings. The van der Waals surface area contributed by atoms with Gasteiger partial charge in [0.15, 0.2) is 0 Å². The van der Waals surface area contributed by atoms with E-state index in [1.54, 1.807) is 0 Å². The van der Waals surface area contributed by atoms with Crippen LogP contribution < -0.4 is 0 Å². The summed E-state index contributed by atoms with van der Waals surface area (Å²) in [6.45, 7) is 12.8. The van der Waals surface area contributed by atoms with E-state index in [9.17, 15) is 19.2 Å². The van der Waals surface area contributed by atoms with Gasteiger partial charge in [-0.1, -0.05) is 69.9 Å². The molecule has 0 bridgehead atoms. The highest BCUT2D eigenvalue weighted by atomic mass is 16.5. The average Bonchev–Trinajstić information content (AvgIpc) is 3.12. The Bertz CT molecular complexity index is 1430. The van der Waals surface area contributed by atoms with Crippen LogP contribution in [-0.4, -0.2) is 51.3 Å². The Morgan fingerprint density at radius 2 is 0.885 bits per heavy atom. The van der Waals surface area contributed by atoms with E-state index in [2.05, 4.69) is 78.0 Å². The Morgan fingerprint density at radius 1 is 0.519 bits per heavy atom. The van der Waals surface area contributed by atoms with Crippen molar-refractivity contribution in [2.24, 2.45) is 35.5 Å². The fourth-order valence-corrected chi connectivity index (χ4v) is 7.59. The van der Waals surface area contributed by atoms with E-state index in [-0.39, 0.29) is 43.0 Å². The molecule has 0 radical (unpaired) electrons. The zero-order valence-corrected chi connectivity index (χ0v) is 33.1. The molecule has 0 spiro atoms. The van der Waals surface area contributed by atoms with Gasteiger partial charge in [-0.3, -0.25) is 19.2 Å². The van der Waals surface area contributed by atoms with Crippen LogP contribution in [0.1, 0.15) is 119 Å². The van der Waals surface area contributed by atoms with Crippen molar-refractivity contribution in [3.63, 3.8) is 0 Å². The van der Waals surface area contributed by atoms with Gasteiger partial charge < -0.3 is 18.9 Å². The topological polar surface area (TPSA) is 105 Å². The number of carbonyl (C=O) groups excluding carboxylic acids is 4. The molecule has 52 heavy (non-hydrogen) atoms. The molecule has 0 amide bonds. The summed E-state index contributed by atoms with van der Waals surface area (Å²) in [6, 6.07) is 0. The maximum absolute atomic E-state index is 13.7. The van der Waals surface area contributed by atoms with Crippen molar-refractivity contribution in [2.75, 3.05) is 27.4 Å². The molecule has 0 heterocycles. The summed E-state index contributed by atoms with van der Waals surface area (Å²) in [6.07, 6.45) is 21.6. The van der Waals surface area contributed by atoms with E-state index in [1.807, 2.05) is 0 Å². The first-order valence-electron chi connectivity index (χ1n) is 19.3. The standard InChI is InChI=1S/C44H64O8/c1-29(2)12-9-15-32-18-21-35(27-51-43(47)38-23-20-33(16-10-13-30(3)4)25-39(38)42(46)50-8)36(24-32)28-52-44(48)40-26-34(17-11-14-31(5)6)19-22-37(40)41(45)49-7/h12-14,18-20,35-40H,9-11,15-17,21-28H2,1-8H3. The molecule has 0 aliphatic heterocycles. The summed E-state index contributed by atoms with van der Waals surface area (Å²) in [5.74, 6) is -4.01. The maximum Gasteiger partial charge on any atom is 0.310 e. The summed E-state index contributed by atoms with van der Waals surface area (Å²) in [7, 11) is 2.72. The van der Waals surface area contributed by atoms with E-state index in [0.717, 1.165) is 50.5 Å².